The van der Waals surface area contributed by atoms with Crippen LogP contribution in [0.25, 0.3) is 0 Å². The minimum Gasteiger partial charge on any atom is -0.462 e. The molecule has 0 saturated heterocycles. The molecule has 2 aromatic rings. The van der Waals surface area contributed by atoms with E-state index in [1.165, 1.54) is 34.4 Å². The van der Waals surface area contributed by atoms with Crippen molar-refractivity contribution in [1.82, 2.24) is 0 Å². The maximum Gasteiger partial charge on any atom is 0.341 e. The van der Waals surface area contributed by atoms with E-state index in [1.807, 2.05) is 13.8 Å². The number of nitrogen functional groups attached to an aromatic ring is 2. The van der Waals surface area contributed by atoms with Crippen LogP contribution in [0.2, 0.25) is 0 Å². The van der Waals surface area contributed by atoms with Gasteiger partial charge in [0.25, 0.3) is 0 Å². The molecule has 0 aromatic carbocycles. The molecule has 25 heavy (non-hydrogen) atoms. The van der Waals surface area contributed by atoms with Crippen molar-refractivity contribution >= 4 is 56.4 Å². The number of rotatable bonds is 6. The van der Waals surface area contributed by atoms with Gasteiger partial charge in [-0.05, 0) is 38.8 Å². The van der Waals surface area contributed by atoms with Crippen LogP contribution in [-0.2, 0) is 9.47 Å². The summed E-state index contributed by atoms with van der Waals surface area (Å²) in [7, 11) is 0. The van der Waals surface area contributed by atoms with E-state index in [0.29, 0.717) is 34.3 Å². The summed E-state index contributed by atoms with van der Waals surface area (Å²) in [4.78, 5) is 24.1. The number of hydrogen-bond acceptors (Lipinski definition) is 9. The molecule has 0 spiro atoms. The Morgan fingerprint density at radius 1 is 0.880 bits per heavy atom. The molecule has 0 atom stereocenters. The summed E-state index contributed by atoms with van der Waals surface area (Å²) in [5.41, 5.74) is 14.3. The highest BCUT2D eigenvalue weighted by molar-refractivity contribution is 8.03. The van der Waals surface area contributed by atoms with Crippen molar-refractivity contribution < 1.29 is 19.1 Å². The van der Waals surface area contributed by atoms with Gasteiger partial charge in [0.2, 0.25) is 0 Å². The van der Waals surface area contributed by atoms with Crippen LogP contribution in [-0.4, -0.2) is 25.2 Å². The lowest BCUT2D eigenvalue weighted by atomic mass is 10.2. The van der Waals surface area contributed by atoms with Gasteiger partial charge < -0.3 is 20.9 Å². The number of ether oxygens (including phenoxy) is 2. The summed E-state index contributed by atoms with van der Waals surface area (Å²) in [6, 6.07) is 0. The molecule has 0 unspecified atom stereocenters. The van der Waals surface area contributed by atoms with Crippen LogP contribution in [0, 0.1) is 13.8 Å². The van der Waals surface area contributed by atoms with Crippen LogP contribution in [0.5, 0.6) is 0 Å². The molecule has 0 aliphatic heterocycles. The monoisotopic (exact) mass is 400 g/mol. The van der Waals surface area contributed by atoms with E-state index in [-0.39, 0.29) is 0 Å². The molecule has 0 fully saturated rings. The summed E-state index contributed by atoms with van der Waals surface area (Å²) < 4.78 is 11.9. The molecular formula is C16H20N2O4S3. The van der Waals surface area contributed by atoms with E-state index in [4.69, 9.17) is 20.9 Å². The maximum atomic E-state index is 12.1. The molecule has 2 rings (SSSR count). The molecule has 0 aliphatic carbocycles. The van der Waals surface area contributed by atoms with Crippen LogP contribution >= 0.6 is 34.4 Å². The Balaban J connectivity index is 2.35. The lowest BCUT2D eigenvalue weighted by molar-refractivity contribution is 0.0517. The number of esters is 2. The highest BCUT2D eigenvalue weighted by Crippen LogP contribution is 2.46. The third-order valence-electron chi connectivity index (χ3n) is 3.40. The summed E-state index contributed by atoms with van der Waals surface area (Å²) in [5, 5.41) is 0.845. The molecular weight excluding hydrogens is 380 g/mol. The highest BCUT2D eigenvalue weighted by atomic mass is 32.2. The smallest absolute Gasteiger partial charge is 0.341 e. The average Bonchev–Trinajstić information content (AvgIpc) is 2.96. The number of thiophene rings is 2. The second-order valence-corrected chi connectivity index (χ2v) is 8.69. The second kappa shape index (κ2) is 8.11. The predicted molar refractivity (Wildman–Crippen MR) is 103 cm³/mol. The number of anilines is 2. The van der Waals surface area contributed by atoms with E-state index in [1.54, 1.807) is 13.8 Å². The lowest BCUT2D eigenvalue weighted by Gasteiger charge is -2.04. The van der Waals surface area contributed by atoms with Crippen molar-refractivity contribution in [3.63, 3.8) is 0 Å². The van der Waals surface area contributed by atoms with Gasteiger partial charge >= 0.3 is 11.9 Å². The van der Waals surface area contributed by atoms with Crippen LogP contribution in [0.1, 0.15) is 45.7 Å². The van der Waals surface area contributed by atoms with Gasteiger partial charge in [-0.15, -0.1) is 22.7 Å². The Kier molecular flexibility index (Phi) is 6.36. The van der Waals surface area contributed by atoms with E-state index < -0.39 is 11.9 Å². The standard InChI is InChI=1S/C16H20N2O4S3/c1-5-21-13(19)9-7(3)15(23-11(9)17)25-16-8(4)10(12(18)24-16)14(20)22-6-2/h5-6,17-18H2,1-4H3. The van der Waals surface area contributed by atoms with Crippen LogP contribution in [0.15, 0.2) is 8.42 Å². The van der Waals surface area contributed by atoms with Crippen LogP contribution < -0.4 is 11.5 Å². The first kappa shape index (κ1) is 19.6. The van der Waals surface area contributed by atoms with Crippen molar-refractivity contribution in [2.45, 2.75) is 36.1 Å². The molecule has 9 heteroatoms. The van der Waals surface area contributed by atoms with E-state index in [9.17, 15) is 9.59 Å². The fourth-order valence-corrected chi connectivity index (χ4v) is 6.02. The van der Waals surface area contributed by atoms with Crippen molar-refractivity contribution in [2.75, 3.05) is 24.7 Å². The zero-order valence-electron chi connectivity index (χ0n) is 14.4. The van der Waals surface area contributed by atoms with Crippen molar-refractivity contribution in [2.24, 2.45) is 0 Å². The summed E-state index contributed by atoms with van der Waals surface area (Å²) >= 11 is 4.09. The first-order valence-electron chi connectivity index (χ1n) is 7.61. The van der Waals surface area contributed by atoms with Gasteiger partial charge in [-0.1, -0.05) is 11.8 Å². The first-order chi connectivity index (χ1) is 11.8. The van der Waals surface area contributed by atoms with Crippen molar-refractivity contribution in [3.8, 4) is 0 Å². The van der Waals surface area contributed by atoms with Gasteiger partial charge in [0, 0.05) is 0 Å². The Morgan fingerprint density at radius 3 is 1.56 bits per heavy atom. The molecule has 136 valence electrons. The van der Waals surface area contributed by atoms with Gasteiger partial charge in [-0.2, -0.15) is 0 Å². The lowest BCUT2D eigenvalue weighted by Crippen LogP contribution is -2.07. The predicted octanol–water partition coefficient (Wildman–Crippen LogP) is 4.10. The summed E-state index contributed by atoms with van der Waals surface area (Å²) in [6.07, 6.45) is 0. The van der Waals surface area contributed by atoms with E-state index in [0.717, 1.165) is 19.5 Å². The molecule has 2 aromatic heterocycles. The Bertz CT molecular complexity index is 745. The fourth-order valence-electron chi connectivity index (χ4n) is 2.22. The van der Waals surface area contributed by atoms with Crippen molar-refractivity contribution in [3.05, 3.63) is 22.3 Å². The van der Waals surface area contributed by atoms with Gasteiger partial charge in [-0.25, -0.2) is 9.59 Å². The van der Waals surface area contributed by atoms with Crippen LogP contribution in [0.4, 0.5) is 10.0 Å². The number of nitrogens with two attached hydrogens (primary N) is 2. The summed E-state index contributed by atoms with van der Waals surface area (Å²) in [6.45, 7) is 7.75. The van der Waals surface area contributed by atoms with Gasteiger partial charge in [0.15, 0.2) is 0 Å². The Hall–Kier alpha value is -1.71. The molecule has 6 nitrogen and oxygen atoms in total. The summed E-state index contributed by atoms with van der Waals surface area (Å²) in [5.74, 6) is -0.842. The normalized spacial score (nSPS) is 10.7. The quantitative estimate of drug-likeness (QED) is 0.703. The minimum atomic E-state index is -0.421. The fraction of sp³-hybridized carbons (Fsp3) is 0.375. The van der Waals surface area contributed by atoms with Gasteiger partial charge in [0.05, 0.1) is 32.8 Å². The average molecular weight is 401 g/mol. The third kappa shape index (κ3) is 3.94. The molecule has 0 saturated carbocycles. The molecule has 0 aliphatic rings. The number of carbonyl (C=O) groups is 2. The van der Waals surface area contributed by atoms with Crippen molar-refractivity contribution in [1.29, 1.82) is 0 Å². The highest BCUT2D eigenvalue weighted by Gasteiger charge is 2.25. The molecule has 0 radical (unpaired) electrons. The molecule has 0 bridgehead atoms. The molecule has 2 heterocycles. The SMILES string of the molecule is CCOC(=O)c1c(N)sc(Sc2sc(N)c(C(=O)OCC)c2C)c1C. The largest absolute Gasteiger partial charge is 0.462 e. The minimum absolute atomic E-state index is 0.291. The first-order valence-corrected chi connectivity index (χ1v) is 10.1. The van der Waals surface area contributed by atoms with Gasteiger partial charge in [0.1, 0.15) is 10.0 Å². The zero-order valence-corrected chi connectivity index (χ0v) is 16.9. The van der Waals surface area contributed by atoms with Crippen LogP contribution in [0.3, 0.4) is 0 Å². The maximum absolute atomic E-state index is 12.1. The van der Waals surface area contributed by atoms with E-state index >= 15 is 0 Å². The Morgan fingerprint density at radius 2 is 1.24 bits per heavy atom. The third-order valence-corrected chi connectivity index (χ3v) is 7.22. The number of hydrogen-bond donors (Lipinski definition) is 2. The second-order valence-electron chi connectivity index (χ2n) is 5.05. The topological polar surface area (TPSA) is 105 Å². The zero-order chi connectivity index (χ0) is 18.7. The Labute approximate surface area is 158 Å². The van der Waals surface area contributed by atoms with E-state index in [2.05, 4.69) is 0 Å². The molecule has 0 amide bonds. The molecule has 4 N–H and O–H groups in total. The number of carbonyl (C=O) groups excluding carboxylic acids is 2. The van der Waals surface area contributed by atoms with Gasteiger partial charge in [-0.3, -0.25) is 0 Å².